The Hall–Kier alpha value is -1.69. The first-order chi connectivity index (χ1) is 13.0. The first-order valence-corrected chi connectivity index (χ1v) is 10.5. The van der Waals surface area contributed by atoms with Gasteiger partial charge in [0.05, 0.1) is 13.2 Å². The van der Waals surface area contributed by atoms with Gasteiger partial charge < -0.3 is 14.5 Å². The van der Waals surface area contributed by atoms with Gasteiger partial charge in [0, 0.05) is 50.3 Å². The van der Waals surface area contributed by atoms with Crippen molar-refractivity contribution in [2.45, 2.75) is 58.3 Å². The first-order valence-electron chi connectivity index (χ1n) is 10.5. The van der Waals surface area contributed by atoms with Gasteiger partial charge in [-0.15, -0.1) is 0 Å². The largest absolute Gasteiger partial charge is 0.378 e. The van der Waals surface area contributed by atoms with Gasteiger partial charge in [0.15, 0.2) is 0 Å². The molecule has 3 heterocycles. The fraction of sp³-hybridized carbons (Fsp3) is 0.762. The van der Waals surface area contributed by atoms with Crippen LogP contribution in [0.5, 0.6) is 0 Å². The van der Waals surface area contributed by atoms with Gasteiger partial charge in [-0.3, -0.25) is 4.79 Å². The summed E-state index contributed by atoms with van der Waals surface area (Å²) in [5.74, 6) is 2.63. The van der Waals surface area contributed by atoms with E-state index in [1.165, 1.54) is 12.8 Å². The molecule has 2 saturated heterocycles. The van der Waals surface area contributed by atoms with Crippen LogP contribution in [-0.4, -0.2) is 60.2 Å². The second-order valence-corrected chi connectivity index (χ2v) is 8.76. The topological polar surface area (TPSA) is 58.6 Å². The summed E-state index contributed by atoms with van der Waals surface area (Å²) < 4.78 is 5.45. The summed E-state index contributed by atoms with van der Waals surface area (Å²) >= 11 is 0. The highest BCUT2D eigenvalue weighted by Crippen LogP contribution is 2.49. The molecule has 3 aliphatic rings. The van der Waals surface area contributed by atoms with E-state index in [9.17, 15) is 4.79 Å². The number of nitrogens with zero attached hydrogens (tertiary/aromatic N) is 4. The van der Waals surface area contributed by atoms with Crippen LogP contribution in [0.4, 0.5) is 5.82 Å². The number of likely N-dealkylation sites (tertiary alicyclic amines) is 1. The lowest BCUT2D eigenvalue weighted by Crippen LogP contribution is -2.38. The molecule has 0 spiro atoms. The minimum atomic E-state index is 0.342. The van der Waals surface area contributed by atoms with Crippen molar-refractivity contribution in [2.24, 2.45) is 5.41 Å². The molecule has 6 heteroatoms. The van der Waals surface area contributed by atoms with Crippen LogP contribution in [0, 0.1) is 12.3 Å². The molecule has 1 aromatic rings. The van der Waals surface area contributed by atoms with Crippen LogP contribution in [0.1, 0.15) is 62.9 Å². The number of amides is 1. The van der Waals surface area contributed by atoms with Crippen molar-refractivity contribution >= 4 is 11.7 Å². The number of ether oxygens (including phenoxy) is 1. The quantitative estimate of drug-likeness (QED) is 0.795. The Morgan fingerprint density at radius 3 is 2.56 bits per heavy atom. The summed E-state index contributed by atoms with van der Waals surface area (Å²) in [6, 6.07) is 2.16. The number of aromatic nitrogens is 2. The molecule has 0 aromatic carbocycles. The van der Waals surface area contributed by atoms with Crippen molar-refractivity contribution in [1.82, 2.24) is 14.9 Å². The van der Waals surface area contributed by atoms with E-state index >= 15 is 0 Å². The Labute approximate surface area is 162 Å². The van der Waals surface area contributed by atoms with E-state index in [0.29, 0.717) is 17.2 Å². The second-order valence-electron chi connectivity index (χ2n) is 8.76. The fourth-order valence-corrected chi connectivity index (χ4v) is 4.19. The second kappa shape index (κ2) is 7.74. The number of rotatable bonds is 5. The molecule has 3 fully saturated rings. The van der Waals surface area contributed by atoms with Gasteiger partial charge in [-0.05, 0) is 44.4 Å². The van der Waals surface area contributed by atoms with Crippen molar-refractivity contribution < 1.29 is 9.53 Å². The van der Waals surface area contributed by atoms with Gasteiger partial charge in [-0.2, -0.15) is 0 Å². The number of carbonyl (C=O) groups is 1. The normalized spacial score (nSPS) is 22.7. The molecule has 1 aliphatic carbocycles. The average molecular weight is 373 g/mol. The van der Waals surface area contributed by atoms with Crippen molar-refractivity contribution in [3.63, 3.8) is 0 Å². The molecule has 27 heavy (non-hydrogen) atoms. The lowest BCUT2D eigenvalue weighted by atomic mass is 9.92. The lowest BCUT2D eigenvalue weighted by molar-refractivity contribution is -0.132. The predicted molar refractivity (Wildman–Crippen MR) is 105 cm³/mol. The zero-order valence-corrected chi connectivity index (χ0v) is 16.7. The van der Waals surface area contributed by atoms with Gasteiger partial charge in [0.1, 0.15) is 11.6 Å². The van der Waals surface area contributed by atoms with Crippen LogP contribution in [-0.2, 0) is 9.53 Å². The molecule has 1 saturated carbocycles. The molecule has 1 aromatic heterocycles. The molecular formula is C21H32N4O2. The molecule has 2 aliphatic heterocycles. The smallest absolute Gasteiger partial charge is 0.222 e. The van der Waals surface area contributed by atoms with Gasteiger partial charge in [-0.25, -0.2) is 9.97 Å². The molecule has 0 unspecified atom stereocenters. The van der Waals surface area contributed by atoms with Crippen LogP contribution >= 0.6 is 0 Å². The van der Waals surface area contributed by atoms with Crippen LogP contribution < -0.4 is 4.90 Å². The first kappa shape index (κ1) is 18.7. The van der Waals surface area contributed by atoms with Crippen LogP contribution in [0.2, 0.25) is 0 Å². The van der Waals surface area contributed by atoms with Crippen molar-refractivity contribution in [3.05, 3.63) is 17.6 Å². The van der Waals surface area contributed by atoms with Crippen molar-refractivity contribution in [2.75, 3.05) is 44.3 Å². The van der Waals surface area contributed by atoms with E-state index < -0.39 is 0 Å². The van der Waals surface area contributed by atoms with Crippen LogP contribution in [0.25, 0.3) is 0 Å². The Kier molecular flexibility index (Phi) is 5.35. The number of morpholine rings is 1. The zero-order valence-electron chi connectivity index (χ0n) is 16.7. The number of hydrogen-bond acceptors (Lipinski definition) is 5. The standard InChI is InChI=1S/C21H32N4O2/c1-16-22-18(15-19(23-16)24-11-13-27-14-12-24)17-4-9-25(10-5-17)20(26)3-6-21(2)7-8-21/h15,17H,3-14H2,1-2H3. The number of hydrogen-bond donors (Lipinski definition) is 0. The van der Waals surface area contributed by atoms with Crippen LogP contribution in [0.15, 0.2) is 6.07 Å². The summed E-state index contributed by atoms with van der Waals surface area (Å²) in [5, 5.41) is 0. The number of piperidine rings is 1. The number of anilines is 1. The van der Waals surface area contributed by atoms with Gasteiger partial charge in [0.2, 0.25) is 5.91 Å². The highest BCUT2D eigenvalue weighted by Gasteiger charge is 2.37. The van der Waals surface area contributed by atoms with Crippen molar-refractivity contribution in [1.29, 1.82) is 0 Å². The maximum Gasteiger partial charge on any atom is 0.222 e. The molecular weight excluding hydrogens is 340 g/mol. The Balaban J connectivity index is 1.34. The van der Waals surface area contributed by atoms with E-state index in [1.807, 2.05) is 6.92 Å². The summed E-state index contributed by atoms with van der Waals surface area (Å²) in [6.07, 6.45) is 6.36. The molecule has 0 radical (unpaired) electrons. The van der Waals surface area contributed by atoms with E-state index in [1.54, 1.807) is 0 Å². The average Bonchev–Trinajstić information content (AvgIpc) is 3.44. The SMILES string of the molecule is Cc1nc(C2CCN(C(=O)CCC3(C)CC3)CC2)cc(N2CCOCC2)n1. The van der Waals surface area contributed by atoms with Gasteiger partial charge in [0.25, 0.3) is 0 Å². The minimum absolute atomic E-state index is 0.342. The third kappa shape index (κ3) is 4.60. The molecule has 148 valence electrons. The van der Waals surface area contributed by atoms with Gasteiger partial charge >= 0.3 is 0 Å². The molecule has 0 bridgehead atoms. The van der Waals surface area contributed by atoms with Crippen LogP contribution in [0.3, 0.4) is 0 Å². The monoisotopic (exact) mass is 372 g/mol. The maximum atomic E-state index is 12.5. The van der Waals surface area contributed by atoms with E-state index in [-0.39, 0.29) is 0 Å². The number of carbonyl (C=O) groups excluding carboxylic acids is 1. The van der Waals surface area contributed by atoms with Crippen molar-refractivity contribution in [3.8, 4) is 0 Å². The zero-order chi connectivity index (χ0) is 18.9. The Bertz CT molecular complexity index is 675. The lowest BCUT2D eigenvalue weighted by Gasteiger charge is -2.33. The summed E-state index contributed by atoms with van der Waals surface area (Å²) in [7, 11) is 0. The molecule has 0 atom stereocenters. The van der Waals surface area contributed by atoms with E-state index in [0.717, 1.165) is 82.4 Å². The highest BCUT2D eigenvalue weighted by atomic mass is 16.5. The molecule has 4 rings (SSSR count). The summed E-state index contributed by atoms with van der Waals surface area (Å²) in [6.45, 7) is 9.30. The molecule has 0 N–H and O–H groups in total. The summed E-state index contributed by atoms with van der Waals surface area (Å²) in [5.41, 5.74) is 1.60. The predicted octanol–water partition coefficient (Wildman–Crippen LogP) is 2.91. The third-order valence-corrected chi connectivity index (χ3v) is 6.49. The summed E-state index contributed by atoms with van der Waals surface area (Å²) in [4.78, 5) is 26.2. The number of aryl methyl sites for hydroxylation is 1. The highest BCUT2D eigenvalue weighted by molar-refractivity contribution is 5.76. The minimum Gasteiger partial charge on any atom is -0.378 e. The van der Waals surface area contributed by atoms with E-state index in [4.69, 9.17) is 9.72 Å². The van der Waals surface area contributed by atoms with Gasteiger partial charge in [-0.1, -0.05) is 6.92 Å². The third-order valence-electron chi connectivity index (χ3n) is 6.49. The van der Waals surface area contributed by atoms with E-state index in [2.05, 4.69) is 27.8 Å². The maximum absolute atomic E-state index is 12.5. The molecule has 6 nitrogen and oxygen atoms in total. The Morgan fingerprint density at radius 1 is 1.19 bits per heavy atom. The Morgan fingerprint density at radius 2 is 1.89 bits per heavy atom. The fourth-order valence-electron chi connectivity index (χ4n) is 4.19. The molecule has 1 amide bonds.